The highest BCUT2D eigenvalue weighted by atomic mass is 35.5. The first-order chi connectivity index (χ1) is 10.9. The van der Waals surface area contributed by atoms with E-state index in [1.54, 1.807) is 31.2 Å². The van der Waals surface area contributed by atoms with E-state index >= 15 is 0 Å². The molecule has 0 bridgehead atoms. The zero-order chi connectivity index (χ0) is 16.6. The van der Waals surface area contributed by atoms with Gasteiger partial charge in [-0.15, -0.1) is 11.6 Å². The molecule has 3 atom stereocenters. The minimum atomic E-state index is -1.12. The van der Waals surface area contributed by atoms with Crippen molar-refractivity contribution in [3.63, 3.8) is 0 Å². The Labute approximate surface area is 138 Å². The van der Waals surface area contributed by atoms with Crippen LogP contribution in [0.15, 0.2) is 48.5 Å². The lowest BCUT2D eigenvalue weighted by atomic mass is 9.81. The second kappa shape index (κ2) is 6.02. The molecule has 120 valence electrons. The first-order valence-corrected chi connectivity index (χ1v) is 7.75. The fourth-order valence-corrected chi connectivity index (χ4v) is 3.20. The van der Waals surface area contributed by atoms with Gasteiger partial charge in [0.25, 0.3) is 0 Å². The Morgan fingerprint density at radius 1 is 1.00 bits per heavy atom. The maximum absolute atomic E-state index is 13.1. The summed E-state index contributed by atoms with van der Waals surface area (Å²) in [5.41, 5.74) is 1.56. The molecule has 1 N–H and O–H groups in total. The first kappa shape index (κ1) is 16.1. The van der Waals surface area contributed by atoms with Gasteiger partial charge >= 0.3 is 0 Å². The number of carbonyl (C=O) groups is 1. The molecular weight excluding hydrogens is 320 g/mol. The van der Waals surface area contributed by atoms with E-state index in [1.165, 1.54) is 24.3 Å². The summed E-state index contributed by atoms with van der Waals surface area (Å²) in [6.07, 6.45) is 0.226. The molecule has 0 unspecified atom stereocenters. The summed E-state index contributed by atoms with van der Waals surface area (Å²) in [5.74, 6) is -0.767. The Balaban J connectivity index is 1.94. The van der Waals surface area contributed by atoms with Gasteiger partial charge in [-0.3, -0.25) is 4.79 Å². The number of hydrogen-bond donors (Lipinski definition) is 1. The smallest absolute Gasteiger partial charge is 0.157 e. The van der Waals surface area contributed by atoms with Crippen LogP contribution in [0, 0.1) is 11.6 Å². The Morgan fingerprint density at radius 2 is 1.48 bits per heavy atom. The summed E-state index contributed by atoms with van der Waals surface area (Å²) in [5, 5.41) is 3.35. The average Bonchev–Trinajstić information content (AvgIpc) is 2.52. The Hall–Kier alpha value is -1.78. The number of rotatable bonds is 2. The molecule has 0 aromatic heterocycles. The van der Waals surface area contributed by atoms with Gasteiger partial charge < -0.3 is 5.32 Å². The first-order valence-electron chi connectivity index (χ1n) is 7.37. The molecule has 1 aliphatic heterocycles. The number of hydrogen-bond acceptors (Lipinski definition) is 2. The van der Waals surface area contributed by atoms with Gasteiger partial charge in [0.2, 0.25) is 0 Å². The van der Waals surface area contributed by atoms with Crippen molar-refractivity contribution in [2.75, 3.05) is 0 Å². The number of nitrogens with one attached hydrogen (secondary N) is 1. The zero-order valence-electron chi connectivity index (χ0n) is 12.5. The highest BCUT2D eigenvalue weighted by Crippen LogP contribution is 2.41. The van der Waals surface area contributed by atoms with Crippen molar-refractivity contribution >= 4 is 17.4 Å². The van der Waals surface area contributed by atoms with Crippen LogP contribution in [0.1, 0.15) is 36.6 Å². The summed E-state index contributed by atoms with van der Waals surface area (Å²) >= 11 is 6.48. The van der Waals surface area contributed by atoms with E-state index in [0.29, 0.717) is 0 Å². The number of carbonyl (C=O) groups excluding carboxylic acids is 1. The van der Waals surface area contributed by atoms with Crippen LogP contribution in [0.5, 0.6) is 0 Å². The lowest BCUT2D eigenvalue weighted by Crippen LogP contribution is -2.50. The van der Waals surface area contributed by atoms with Crippen molar-refractivity contribution in [3.8, 4) is 0 Å². The Morgan fingerprint density at radius 3 is 2.00 bits per heavy atom. The van der Waals surface area contributed by atoms with Crippen molar-refractivity contribution in [1.82, 2.24) is 5.32 Å². The monoisotopic (exact) mass is 335 g/mol. The molecule has 2 aromatic carbocycles. The molecule has 1 aliphatic rings. The summed E-state index contributed by atoms with van der Waals surface area (Å²) in [6, 6.07) is 11.2. The summed E-state index contributed by atoms with van der Waals surface area (Å²) < 4.78 is 26.2. The van der Waals surface area contributed by atoms with Gasteiger partial charge in [0.15, 0.2) is 5.78 Å². The fourth-order valence-electron chi connectivity index (χ4n) is 2.94. The minimum Gasteiger partial charge on any atom is -0.301 e. The standard InChI is InChI=1S/C18H16ClF2NO/c1-18(19)16(23)10-15(11-2-6-13(20)7-3-11)22-17(18)12-4-8-14(21)9-5-12/h2-9,15,17,22H,10H2,1H3/t15-,17-,18-/m1/s1. The second-order valence-electron chi connectivity index (χ2n) is 5.96. The van der Waals surface area contributed by atoms with Crippen LogP contribution in [0.25, 0.3) is 0 Å². The third-order valence-corrected chi connectivity index (χ3v) is 4.75. The van der Waals surface area contributed by atoms with Crippen LogP contribution in [-0.2, 0) is 4.79 Å². The van der Waals surface area contributed by atoms with Crippen molar-refractivity contribution in [1.29, 1.82) is 0 Å². The van der Waals surface area contributed by atoms with Crippen LogP contribution >= 0.6 is 11.6 Å². The van der Waals surface area contributed by atoms with Crippen molar-refractivity contribution in [3.05, 3.63) is 71.3 Å². The summed E-state index contributed by atoms with van der Waals surface area (Å²) in [4.78, 5) is 11.4. The molecule has 0 saturated carbocycles. The molecule has 0 amide bonds. The molecule has 0 spiro atoms. The molecule has 5 heteroatoms. The third kappa shape index (κ3) is 3.14. The summed E-state index contributed by atoms with van der Waals surface area (Å²) in [7, 11) is 0. The number of piperidine rings is 1. The predicted octanol–water partition coefficient (Wildman–Crippen LogP) is 4.31. The molecule has 2 nitrogen and oxygen atoms in total. The quantitative estimate of drug-likeness (QED) is 0.829. The topological polar surface area (TPSA) is 29.1 Å². The lowest BCUT2D eigenvalue weighted by molar-refractivity contribution is -0.124. The van der Waals surface area contributed by atoms with Crippen molar-refractivity contribution in [2.24, 2.45) is 0 Å². The third-order valence-electron chi connectivity index (χ3n) is 4.32. The van der Waals surface area contributed by atoms with E-state index in [9.17, 15) is 13.6 Å². The van der Waals surface area contributed by atoms with Crippen LogP contribution < -0.4 is 5.32 Å². The minimum absolute atomic E-state index is 0.0958. The molecule has 1 fully saturated rings. The predicted molar refractivity (Wildman–Crippen MR) is 85.3 cm³/mol. The normalized spacial score (nSPS) is 27.9. The number of Topliss-reactive ketones (excluding diaryl/α,β-unsaturated/α-hetero) is 1. The number of benzene rings is 2. The molecule has 0 aliphatic carbocycles. The molecule has 3 rings (SSSR count). The highest BCUT2D eigenvalue weighted by molar-refractivity contribution is 6.35. The molecule has 2 aromatic rings. The maximum Gasteiger partial charge on any atom is 0.157 e. The van der Waals surface area contributed by atoms with Crippen LogP contribution in [0.2, 0.25) is 0 Å². The molecule has 23 heavy (non-hydrogen) atoms. The van der Waals surface area contributed by atoms with E-state index in [1.807, 2.05) is 0 Å². The van der Waals surface area contributed by atoms with Crippen LogP contribution in [0.3, 0.4) is 0 Å². The molecule has 0 radical (unpaired) electrons. The molecule has 1 heterocycles. The van der Waals surface area contributed by atoms with E-state index in [-0.39, 0.29) is 29.9 Å². The van der Waals surface area contributed by atoms with Gasteiger partial charge in [0.1, 0.15) is 16.5 Å². The van der Waals surface area contributed by atoms with Gasteiger partial charge in [0, 0.05) is 12.5 Å². The van der Waals surface area contributed by atoms with Gasteiger partial charge in [-0.2, -0.15) is 0 Å². The van der Waals surface area contributed by atoms with E-state index in [0.717, 1.165) is 11.1 Å². The Bertz CT molecular complexity index is 713. The van der Waals surface area contributed by atoms with Gasteiger partial charge in [-0.05, 0) is 42.3 Å². The van der Waals surface area contributed by atoms with E-state index in [4.69, 9.17) is 11.6 Å². The van der Waals surface area contributed by atoms with Crippen molar-refractivity contribution < 1.29 is 13.6 Å². The second-order valence-corrected chi connectivity index (χ2v) is 6.74. The Kier molecular flexibility index (Phi) is 4.21. The zero-order valence-corrected chi connectivity index (χ0v) is 13.3. The van der Waals surface area contributed by atoms with Gasteiger partial charge in [-0.25, -0.2) is 8.78 Å². The highest BCUT2D eigenvalue weighted by Gasteiger charge is 2.46. The van der Waals surface area contributed by atoms with Gasteiger partial charge in [0.05, 0.1) is 6.04 Å². The van der Waals surface area contributed by atoms with Crippen LogP contribution in [0.4, 0.5) is 8.78 Å². The number of halogens is 3. The summed E-state index contributed by atoms with van der Waals surface area (Å²) in [6.45, 7) is 1.67. The SMILES string of the molecule is C[C@@]1(Cl)C(=O)C[C@H](c2ccc(F)cc2)N[C@@H]1c1ccc(F)cc1. The van der Waals surface area contributed by atoms with Crippen LogP contribution in [-0.4, -0.2) is 10.7 Å². The lowest BCUT2D eigenvalue weighted by Gasteiger charge is -2.40. The maximum atomic E-state index is 13.1. The van der Waals surface area contributed by atoms with E-state index in [2.05, 4.69) is 5.32 Å². The fraction of sp³-hybridized carbons (Fsp3) is 0.278. The van der Waals surface area contributed by atoms with E-state index < -0.39 is 10.9 Å². The molecular formula is C18H16ClF2NO. The largest absolute Gasteiger partial charge is 0.301 e. The molecule has 1 saturated heterocycles. The number of alkyl halides is 1. The van der Waals surface area contributed by atoms with Gasteiger partial charge in [-0.1, -0.05) is 24.3 Å². The number of ketones is 1. The average molecular weight is 336 g/mol. The van der Waals surface area contributed by atoms with Crippen molar-refractivity contribution in [2.45, 2.75) is 30.3 Å².